The Bertz CT molecular complexity index is 782. The van der Waals surface area contributed by atoms with E-state index < -0.39 is 0 Å². The molecule has 120 valence electrons. The number of anilines is 1. The Labute approximate surface area is 138 Å². The van der Waals surface area contributed by atoms with Crippen molar-refractivity contribution in [2.24, 2.45) is 7.05 Å². The molecule has 8 heteroatoms. The van der Waals surface area contributed by atoms with Crippen LogP contribution < -0.4 is 10.1 Å². The van der Waals surface area contributed by atoms with Gasteiger partial charge in [0.15, 0.2) is 0 Å². The number of aromatic nitrogens is 4. The number of nitrogens with zero attached hydrogens (tertiary/aromatic N) is 4. The van der Waals surface area contributed by atoms with Gasteiger partial charge in [-0.3, -0.25) is 4.68 Å². The van der Waals surface area contributed by atoms with Gasteiger partial charge < -0.3 is 14.5 Å². The van der Waals surface area contributed by atoms with E-state index in [0.717, 1.165) is 11.1 Å². The molecule has 2 aromatic heterocycles. The number of hydrogen-bond donors (Lipinski definition) is 1. The second-order valence-corrected chi connectivity index (χ2v) is 5.43. The first kappa shape index (κ1) is 15.4. The summed E-state index contributed by atoms with van der Waals surface area (Å²) in [7, 11) is 3.42. The Balaban J connectivity index is 1.61. The number of aryl methyl sites for hydroxylation is 1. The van der Waals surface area contributed by atoms with Crippen LogP contribution >= 0.6 is 11.6 Å². The van der Waals surface area contributed by atoms with E-state index >= 15 is 0 Å². The quantitative estimate of drug-likeness (QED) is 0.747. The number of methoxy groups -OCH3 is 1. The van der Waals surface area contributed by atoms with Crippen LogP contribution in [0.1, 0.15) is 17.0 Å². The van der Waals surface area contributed by atoms with Crippen LogP contribution in [0.3, 0.4) is 0 Å². The van der Waals surface area contributed by atoms with Gasteiger partial charge in [0.05, 0.1) is 25.6 Å². The monoisotopic (exact) mass is 333 g/mol. The average molecular weight is 334 g/mol. The molecule has 23 heavy (non-hydrogen) atoms. The molecule has 0 radical (unpaired) electrons. The van der Waals surface area contributed by atoms with Crippen molar-refractivity contribution < 1.29 is 9.15 Å². The van der Waals surface area contributed by atoms with Gasteiger partial charge in [-0.25, -0.2) is 0 Å². The Kier molecular flexibility index (Phi) is 4.47. The van der Waals surface area contributed by atoms with Gasteiger partial charge in [0.1, 0.15) is 0 Å². The first-order valence-corrected chi connectivity index (χ1v) is 7.39. The summed E-state index contributed by atoms with van der Waals surface area (Å²) in [6.07, 6.45) is 2.43. The Morgan fingerprint density at radius 3 is 2.78 bits per heavy atom. The van der Waals surface area contributed by atoms with Gasteiger partial charge in [-0.05, 0) is 17.7 Å². The third-order valence-electron chi connectivity index (χ3n) is 3.22. The zero-order valence-corrected chi connectivity index (χ0v) is 13.5. The normalized spacial score (nSPS) is 10.7. The maximum absolute atomic E-state index is 5.87. The molecule has 0 fully saturated rings. The van der Waals surface area contributed by atoms with Crippen molar-refractivity contribution in [2.45, 2.75) is 13.0 Å². The van der Waals surface area contributed by atoms with Gasteiger partial charge in [-0.2, -0.15) is 0 Å². The molecule has 2 heterocycles. The summed E-state index contributed by atoms with van der Waals surface area (Å²) in [5.41, 5.74) is 1.96. The Hall–Kier alpha value is -2.54. The molecule has 0 bridgehead atoms. The van der Waals surface area contributed by atoms with Crippen molar-refractivity contribution in [3.8, 4) is 5.88 Å². The van der Waals surface area contributed by atoms with Gasteiger partial charge in [-0.15, -0.1) is 10.2 Å². The second-order valence-electron chi connectivity index (χ2n) is 5.00. The number of benzene rings is 1. The first-order chi connectivity index (χ1) is 11.1. The van der Waals surface area contributed by atoms with Crippen LogP contribution in [0.25, 0.3) is 0 Å². The van der Waals surface area contributed by atoms with Crippen molar-refractivity contribution in [3.05, 3.63) is 52.5 Å². The van der Waals surface area contributed by atoms with Gasteiger partial charge in [-0.1, -0.05) is 28.8 Å². The smallest absolute Gasteiger partial charge is 0.315 e. The highest BCUT2D eigenvalue weighted by atomic mass is 35.5. The van der Waals surface area contributed by atoms with Crippen LogP contribution in [0.15, 0.2) is 34.9 Å². The third-order valence-corrected chi connectivity index (χ3v) is 3.48. The predicted molar refractivity (Wildman–Crippen MR) is 85.6 cm³/mol. The lowest BCUT2D eigenvalue weighted by Crippen LogP contribution is -2.00. The minimum atomic E-state index is 0.361. The van der Waals surface area contributed by atoms with Gasteiger partial charge in [0, 0.05) is 18.3 Å². The maximum atomic E-state index is 5.87. The van der Waals surface area contributed by atoms with Gasteiger partial charge in [0.25, 0.3) is 0 Å². The van der Waals surface area contributed by atoms with Gasteiger partial charge in [0.2, 0.25) is 11.8 Å². The topological polar surface area (TPSA) is 78.0 Å². The average Bonchev–Trinajstić information content (AvgIpc) is 3.13. The highest BCUT2D eigenvalue weighted by molar-refractivity contribution is 6.30. The molecule has 1 aromatic carbocycles. The zero-order valence-electron chi connectivity index (χ0n) is 12.8. The maximum Gasteiger partial charge on any atom is 0.315 e. The molecule has 0 aliphatic rings. The highest BCUT2D eigenvalue weighted by Gasteiger charge is 2.11. The summed E-state index contributed by atoms with van der Waals surface area (Å²) in [4.78, 5) is 0. The zero-order chi connectivity index (χ0) is 16.2. The lowest BCUT2D eigenvalue weighted by Gasteiger charge is -2.01. The minimum absolute atomic E-state index is 0.361. The van der Waals surface area contributed by atoms with Crippen LogP contribution in [-0.4, -0.2) is 27.1 Å². The molecule has 0 spiro atoms. The summed E-state index contributed by atoms with van der Waals surface area (Å²) < 4.78 is 12.5. The van der Waals surface area contributed by atoms with E-state index in [-0.39, 0.29) is 0 Å². The van der Waals surface area contributed by atoms with Crippen LogP contribution in [0.5, 0.6) is 5.88 Å². The van der Waals surface area contributed by atoms with Crippen molar-refractivity contribution in [1.29, 1.82) is 0 Å². The van der Waals surface area contributed by atoms with Crippen LogP contribution in [0, 0.1) is 0 Å². The standard InChI is InChI=1S/C15H16ClN5O2/c1-21-9-11(14(20-21)22-2)8-17-15-19-18-13(23-15)7-10-3-5-12(16)6-4-10/h3-6,9H,7-8H2,1-2H3,(H,17,19). The molecule has 1 N–H and O–H groups in total. The SMILES string of the molecule is COc1nn(C)cc1CNc1nnc(Cc2ccc(Cl)cc2)o1. The largest absolute Gasteiger partial charge is 0.480 e. The van der Waals surface area contributed by atoms with Crippen LogP contribution in [0.4, 0.5) is 6.01 Å². The van der Waals surface area contributed by atoms with E-state index in [2.05, 4.69) is 20.6 Å². The van der Waals surface area contributed by atoms with Crippen molar-refractivity contribution >= 4 is 17.6 Å². The van der Waals surface area contributed by atoms with Crippen molar-refractivity contribution in [2.75, 3.05) is 12.4 Å². The second kappa shape index (κ2) is 6.70. The molecule has 0 amide bonds. The number of hydrogen-bond acceptors (Lipinski definition) is 6. The van der Waals surface area contributed by atoms with Crippen LogP contribution in [-0.2, 0) is 20.0 Å². The van der Waals surface area contributed by atoms with Gasteiger partial charge >= 0.3 is 6.01 Å². The van der Waals surface area contributed by atoms with E-state index in [4.69, 9.17) is 20.8 Å². The first-order valence-electron chi connectivity index (χ1n) is 7.01. The predicted octanol–water partition coefficient (Wildman–Crippen LogP) is 2.67. The molecule has 3 rings (SSSR count). The third kappa shape index (κ3) is 3.81. The van der Waals surface area contributed by atoms with Crippen LogP contribution in [0.2, 0.25) is 5.02 Å². The number of rotatable bonds is 6. The lowest BCUT2D eigenvalue weighted by molar-refractivity contribution is 0.388. The summed E-state index contributed by atoms with van der Waals surface area (Å²) >= 11 is 5.87. The van der Waals surface area contributed by atoms with E-state index in [9.17, 15) is 0 Å². The molecular weight excluding hydrogens is 318 g/mol. The van der Waals surface area contributed by atoms with E-state index in [1.54, 1.807) is 11.8 Å². The molecule has 3 aromatic rings. The molecule has 0 saturated heterocycles. The summed E-state index contributed by atoms with van der Waals surface area (Å²) in [5, 5.41) is 16.0. The minimum Gasteiger partial charge on any atom is -0.480 e. The fourth-order valence-electron chi connectivity index (χ4n) is 2.15. The fraction of sp³-hybridized carbons (Fsp3) is 0.267. The molecule has 0 atom stereocenters. The molecule has 0 saturated carbocycles. The highest BCUT2D eigenvalue weighted by Crippen LogP contribution is 2.18. The van der Waals surface area contributed by atoms with Crippen molar-refractivity contribution in [1.82, 2.24) is 20.0 Å². The van der Waals surface area contributed by atoms with E-state index in [1.807, 2.05) is 37.5 Å². The molecule has 0 aliphatic heterocycles. The Morgan fingerprint density at radius 2 is 2.04 bits per heavy atom. The number of ether oxygens (including phenoxy) is 1. The lowest BCUT2D eigenvalue weighted by atomic mass is 10.1. The van der Waals surface area contributed by atoms with E-state index in [1.165, 1.54) is 0 Å². The Morgan fingerprint density at radius 1 is 1.26 bits per heavy atom. The van der Waals surface area contributed by atoms with E-state index in [0.29, 0.717) is 35.8 Å². The molecule has 0 aliphatic carbocycles. The fourth-order valence-corrected chi connectivity index (χ4v) is 2.28. The number of halogens is 1. The molecule has 7 nitrogen and oxygen atoms in total. The summed E-state index contributed by atoms with van der Waals surface area (Å²) in [5.74, 6) is 1.11. The summed E-state index contributed by atoms with van der Waals surface area (Å²) in [6, 6.07) is 7.89. The summed E-state index contributed by atoms with van der Waals surface area (Å²) in [6.45, 7) is 0.486. The molecule has 0 unspecified atom stereocenters. The number of nitrogens with one attached hydrogen (secondary N) is 1. The van der Waals surface area contributed by atoms with Crippen molar-refractivity contribution in [3.63, 3.8) is 0 Å². The molecular formula is C15H16ClN5O2.